The number of hydrogen-bond acceptors (Lipinski definition) is 3. The summed E-state index contributed by atoms with van der Waals surface area (Å²) >= 11 is 0. The standard InChI is InChI=1S/C26H28N2O2/c1-17-5-10-21(11-6-17)27-24-16-19(3)28(25-15-18(2)7-14-23(24)25)26(29)20-8-12-22(30-4)13-9-20/h5-15,19,24,27H,16H2,1-4H3/t19-,24+/m0/s1. The first kappa shape index (κ1) is 20.0. The van der Waals surface area contributed by atoms with Gasteiger partial charge >= 0.3 is 0 Å². The number of aryl methyl sites for hydroxylation is 2. The molecule has 1 heterocycles. The smallest absolute Gasteiger partial charge is 0.258 e. The molecule has 1 aliphatic heterocycles. The van der Waals surface area contributed by atoms with Gasteiger partial charge in [-0.3, -0.25) is 4.79 Å². The lowest BCUT2D eigenvalue weighted by molar-refractivity contribution is 0.0974. The fourth-order valence-electron chi connectivity index (χ4n) is 4.14. The van der Waals surface area contributed by atoms with Crippen LogP contribution in [0.2, 0.25) is 0 Å². The number of methoxy groups -OCH3 is 1. The van der Waals surface area contributed by atoms with Crippen LogP contribution < -0.4 is 15.0 Å². The second-order valence-electron chi connectivity index (χ2n) is 8.11. The van der Waals surface area contributed by atoms with Gasteiger partial charge in [-0.2, -0.15) is 0 Å². The van der Waals surface area contributed by atoms with Crippen molar-refractivity contribution in [3.63, 3.8) is 0 Å². The fourth-order valence-corrected chi connectivity index (χ4v) is 4.14. The topological polar surface area (TPSA) is 41.6 Å². The first-order valence-corrected chi connectivity index (χ1v) is 10.4. The highest BCUT2D eigenvalue weighted by Crippen LogP contribution is 2.40. The number of carbonyl (C=O) groups excluding carboxylic acids is 1. The molecular formula is C26H28N2O2. The molecule has 0 unspecified atom stereocenters. The third-order valence-electron chi connectivity index (χ3n) is 5.79. The Kier molecular flexibility index (Phi) is 5.49. The van der Waals surface area contributed by atoms with E-state index in [4.69, 9.17) is 4.74 Å². The van der Waals surface area contributed by atoms with Crippen LogP contribution in [0.15, 0.2) is 66.7 Å². The summed E-state index contributed by atoms with van der Waals surface area (Å²) in [6, 6.07) is 22.4. The third kappa shape index (κ3) is 3.90. The van der Waals surface area contributed by atoms with Crippen LogP contribution in [-0.4, -0.2) is 19.1 Å². The SMILES string of the molecule is COc1ccc(C(=O)N2c3cc(C)ccc3[C@H](Nc3ccc(C)cc3)C[C@@H]2C)cc1. The molecule has 0 saturated carbocycles. The lowest BCUT2D eigenvalue weighted by Gasteiger charge is -2.40. The number of anilines is 2. The Balaban J connectivity index is 1.69. The molecule has 3 aromatic carbocycles. The van der Waals surface area contributed by atoms with Crippen molar-refractivity contribution in [2.24, 2.45) is 0 Å². The average molecular weight is 401 g/mol. The minimum Gasteiger partial charge on any atom is -0.497 e. The van der Waals surface area contributed by atoms with Gasteiger partial charge in [0.1, 0.15) is 5.75 Å². The summed E-state index contributed by atoms with van der Waals surface area (Å²) in [5.41, 5.74) is 6.29. The van der Waals surface area contributed by atoms with Crippen molar-refractivity contribution < 1.29 is 9.53 Å². The Labute approximate surface area is 178 Å². The van der Waals surface area contributed by atoms with Crippen LogP contribution in [0, 0.1) is 13.8 Å². The molecule has 0 radical (unpaired) electrons. The highest BCUT2D eigenvalue weighted by atomic mass is 16.5. The van der Waals surface area contributed by atoms with Crippen LogP contribution in [0.3, 0.4) is 0 Å². The molecule has 0 spiro atoms. The van der Waals surface area contributed by atoms with Crippen LogP contribution in [0.5, 0.6) is 5.75 Å². The average Bonchev–Trinajstić information content (AvgIpc) is 2.75. The summed E-state index contributed by atoms with van der Waals surface area (Å²) in [5, 5.41) is 3.67. The van der Waals surface area contributed by atoms with Crippen molar-refractivity contribution in [2.75, 3.05) is 17.3 Å². The molecule has 2 atom stereocenters. The van der Waals surface area contributed by atoms with Gasteiger partial charge in [0.2, 0.25) is 0 Å². The summed E-state index contributed by atoms with van der Waals surface area (Å²) < 4.78 is 5.23. The Morgan fingerprint density at radius 1 is 0.967 bits per heavy atom. The van der Waals surface area contributed by atoms with E-state index in [1.807, 2.05) is 29.2 Å². The Hall–Kier alpha value is -3.27. The molecule has 1 amide bonds. The molecular weight excluding hydrogens is 372 g/mol. The Morgan fingerprint density at radius 3 is 2.30 bits per heavy atom. The van der Waals surface area contributed by atoms with Crippen LogP contribution in [0.25, 0.3) is 0 Å². The predicted molar refractivity (Wildman–Crippen MR) is 123 cm³/mol. The lowest BCUT2D eigenvalue weighted by Crippen LogP contribution is -2.44. The van der Waals surface area contributed by atoms with Crippen molar-refractivity contribution >= 4 is 17.3 Å². The highest BCUT2D eigenvalue weighted by Gasteiger charge is 2.34. The summed E-state index contributed by atoms with van der Waals surface area (Å²) in [5.74, 6) is 0.766. The van der Waals surface area contributed by atoms with Crippen LogP contribution in [-0.2, 0) is 0 Å². The van der Waals surface area contributed by atoms with Crippen molar-refractivity contribution in [3.8, 4) is 5.75 Å². The van der Waals surface area contributed by atoms with Crippen molar-refractivity contribution in [2.45, 2.75) is 39.3 Å². The van der Waals surface area contributed by atoms with Crippen molar-refractivity contribution in [3.05, 3.63) is 89.0 Å². The molecule has 4 nitrogen and oxygen atoms in total. The Morgan fingerprint density at radius 2 is 1.63 bits per heavy atom. The number of nitrogens with zero attached hydrogens (tertiary/aromatic N) is 1. The first-order chi connectivity index (χ1) is 14.5. The molecule has 1 N–H and O–H groups in total. The predicted octanol–water partition coefficient (Wildman–Crippen LogP) is 5.90. The van der Waals surface area contributed by atoms with Gasteiger partial charge in [-0.25, -0.2) is 0 Å². The van der Waals surface area contributed by atoms with Gasteiger partial charge < -0.3 is 15.0 Å². The maximum absolute atomic E-state index is 13.5. The summed E-state index contributed by atoms with van der Waals surface area (Å²) in [6.07, 6.45) is 0.839. The van der Waals surface area contributed by atoms with Gasteiger partial charge in [-0.15, -0.1) is 0 Å². The number of nitrogens with one attached hydrogen (secondary N) is 1. The van der Waals surface area contributed by atoms with Gasteiger partial charge in [0, 0.05) is 23.0 Å². The molecule has 0 aliphatic carbocycles. The number of ether oxygens (including phenoxy) is 1. The molecule has 0 aromatic heterocycles. The number of carbonyl (C=O) groups is 1. The molecule has 0 saturated heterocycles. The molecule has 4 rings (SSSR count). The minimum atomic E-state index is 0.0192. The quantitative estimate of drug-likeness (QED) is 0.592. The van der Waals surface area contributed by atoms with Crippen molar-refractivity contribution in [1.82, 2.24) is 0 Å². The van der Waals surface area contributed by atoms with Crippen LogP contribution in [0.4, 0.5) is 11.4 Å². The van der Waals surface area contributed by atoms with E-state index in [1.165, 1.54) is 5.56 Å². The lowest BCUT2D eigenvalue weighted by atomic mass is 9.90. The van der Waals surface area contributed by atoms with Gasteiger partial charge in [0.25, 0.3) is 5.91 Å². The van der Waals surface area contributed by atoms with Gasteiger partial charge in [0.15, 0.2) is 0 Å². The molecule has 30 heavy (non-hydrogen) atoms. The van der Waals surface area contributed by atoms with E-state index in [1.54, 1.807) is 7.11 Å². The summed E-state index contributed by atoms with van der Waals surface area (Å²) in [4.78, 5) is 15.4. The van der Waals surface area contributed by atoms with Gasteiger partial charge in [-0.1, -0.05) is 29.8 Å². The van der Waals surface area contributed by atoms with E-state index in [9.17, 15) is 4.79 Å². The van der Waals surface area contributed by atoms with E-state index in [-0.39, 0.29) is 18.0 Å². The summed E-state index contributed by atoms with van der Waals surface area (Å²) in [6.45, 7) is 6.28. The van der Waals surface area contributed by atoms with Gasteiger partial charge in [0.05, 0.1) is 13.2 Å². The molecule has 154 valence electrons. The van der Waals surface area contributed by atoms with Gasteiger partial charge in [-0.05, 0) is 80.8 Å². The molecule has 3 aromatic rings. The monoisotopic (exact) mass is 400 g/mol. The van der Waals surface area contributed by atoms with E-state index in [2.05, 4.69) is 68.6 Å². The minimum absolute atomic E-state index is 0.0192. The van der Waals surface area contributed by atoms with E-state index in [0.717, 1.165) is 34.7 Å². The number of rotatable bonds is 4. The van der Waals surface area contributed by atoms with E-state index < -0.39 is 0 Å². The van der Waals surface area contributed by atoms with E-state index >= 15 is 0 Å². The van der Waals surface area contributed by atoms with E-state index in [0.29, 0.717) is 5.56 Å². The molecule has 4 heteroatoms. The first-order valence-electron chi connectivity index (χ1n) is 10.4. The molecule has 0 bridgehead atoms. The molecule has 0 fully saturated rings. The number of hydrogen-bond donors (Lipinski definition) is 1. The van der Waals surface area contributed by atoms with Crippen molar-refractivity contribution in [1.29, 1.82) is 0 Å². The zero-order valence-corrected chi connectivity index (χ0v) is 18.0. The zero-order chi connectivity index (χ0) is 21.3. The second-order valence-corrected chi connectivity index (χ2v) is 8.11. The number of fused-ring (bicyclic) bond motifs is 1. The van der Waals surface area contributed by atoms with Crippen LogP contribution in [0.1, 0.15) is 46.4 Å². The maximum Gasteiger partial charge on any atom is 0.258 e. The molecule has 1 aliphatic rings. The zero-order valence-electron chi connectivity index (χ0n) is 18.0. The number of amides is 1. The third-order valence-corrected chi connectivity index (χ3v) is 5.79. The Bertz CT molecular complexity index is 1040. The number of benzene rings is 3. The summed E-state index contributed by atoms with van der Waals surface area (Å²) in [7, 11) is 1.63. The fraction of sp³-hybridized carbons (Fsp3) is 0.269. The highest BCUT2D eigenvalue weighted by molar-refractivity contribution is 6.07. The van der Waals surface area contributed by atoms with Crippen LogP contribution >= 0.6 is 0 Å². The normalized spacial score (nSPS) is 17.9. The maximum atomic E-state index is 13.5. The second kappa shape index (κ2) is 8.23. The largest absolute Gasteiger partial charge is 0.497 e.